The molecule has 0 atom stereocenters. The van der Waals surface area contributed by atoms with Gasteiger partial charge in [0.1, 0.15) is 5.75 Å². The summed E-state index contributed by atoms with van der Waals surface area (Å²) in [6, 6.07) is 10.6. The molecule has 2 N–H and O–H groups in total. The number of hydrogen-bond acceptors (Lipinski definition) is 6. The molecule has 0 fully saturated rings. The van der Waals surface area contributed by atoms with Crippen molar-refractivity contribution in [3.8, 4) is 0 Å². The summed E-state index contributed by atoms with van der Waals surface area (Å²) in [5.74, 6) is -1.57. The smallest absolute Gasteiger partial charge is 0.239 e. The van der Waals surface area contributed by atoms with Crippen molar-refractivity contribution in [3.63, 3.8) is 0 Å². The van der Waals surface area contributed by atoms with E-state index in [-0.39, 0.29) is 10.8 Å². The predicted molar refractivity (Wildman–Crippen MR) is 106 cm³/mol. The van der Waals surface area contributed by atoms with E-state index < -0.39 is 21.5 Å². The minimum absolute atomic E-state index is 0.0277. The van der Waals surface area contributed by atoms with Crippen molar-refractivity contribution in [1.82, 2.24) is 4.98 Å². The first-order valence-corrected chi connectivity index (χ1v) is 10.5. The number of nitrogens with one attached hydrogen (secondary N) is 2. The Morgan fingerprint density at radius 1 is 1.11 bits per heavy atom. The number of sulfone groups is 1. The van der Waals surface area contributed by atoms with Gasteiger partial charge in [-0.25, -0.2) is 13.4 Å². The molecule has 27 heavy (non-hydrogen) atoms. The Kier molecular flexibility index (Phi) is 5.45. The molecular formula is C17H14ClN3O4S2. The van der Waals surface area contributed by atoms with E-state index in [0.717, 1.165) is 4.70 Å². The van der Waals surface area contributed by atoms with E-state index in [0.29, 0.717) is 21.4 Å². The van der Waals surface area contributed by atoms with Gasteiger partial charge in [0.25, 0.3) is 0 Å². The fourth-order valence-electron chi connectivity index (χ4n) is 2.30. The molecule has 0 saturated carbocycles. The van der Waals surface area contributed by atoms with Gasteiger partial charge in [0, 0.05) is 17.6 Å². The molecule has 0 aliphatic heterocycles. The van der Waals surface area contributed by atoms with Crippen molar-refractivity contribution < 1.29 is 18.0 Å². The summed E-state index contributed by atoms with van der Waals surface area (Å²) in [6.07, 6.45) is 0. The lowest BCUT2D eigenvalue weighted by Crippen LogP contribution is -2.22. The van der Waals surface area contributed by atoms with Crippen LogP contribution in [0.2, 0.25) is 5.02 Å². The zero-order valence-electron chi connectivity index (χ0n) is 14.0. The van der Waals surface area contributed by atoms with Crippen LogP contribution in [-0.2, 0) is 19.4 Å². The molecule has 2 aromatic carbocycles. The molecule has 0 bridgehead atoms. The standard InChI is InChI=1S/C17H14ClN3O4S2/c1-10(22)19-17-21-14-7-4-12(8-15(14)26-17)20-16(23)9-27(24,25)13-5-2-11(18)3-6-13/h2-8H,9H2,1H3,(H,20,23)(H,19,21,22). The zero-order chi connectivity index (χ0) is 19.6. The number of hydrogen-bond donors (Lipinski definition) is 2. The monoisotopic (exact) mass is 423 g/mol. The number of rotatable bonds is 5. The molecule has 0 aliphatic rings. The van der Waals surface area contributed by atoms with E-state index in [1.54, 1.807) is 18.2 Å². The van der Waals surface area contributed by atoms with Crippen molar-refractivity contribution in [2.24, 2.45) is 0 Å². The Morgan fingerprint density at radius 2 is 1.81 bits per heavy atom. The average Bonchev–Trinajstić information content (AvgIpc) is 2.95. The molecule has 1 heterocycles. The fraction of sp³-hybridized carbons (Fsp3) is 0.118. The van der Waals surface area contributed by atoms with Gasteiger partial charge in [-0.3, -0.25) is 9.59 Å². The second-order valence-corrected chi connectivity index (χ2v) is 9.10. The third-order valence-electron chi connectivity index (χ3n) is 3.45. The van der Waals surface area contributed by atoms with Crippen molar-refractivity contribution >= 4 is 65.6 Å². The van der Waals surface area contributed by atoms with Gasteiger partial charge in [0.05, 0.1) is 15.1 Å². The van der Waals surface area contributed by atoms with Crippen LogP contribution in [0.3, 0.4) is 0 Å². The van der Waals surface area contributed by atoms with Crippen LogP contribution in [0.4, 0.5) is 10.8 Å². The van der Waals surface area contributed by atoms with E-state index in [9.17, 15) is 18.0 Å². The first kappa shape index (κ1) is 19.3. The second-order valence-electron chi connectivity index (χ2n) is 5.64. The van der Waals surface area contributed by atoms with E-state index in [1.165, 1.54) is 42.5 Å². The molecule has 2 amide bonds. The minimum atomic E-state index is -3.78. The molecule has 140 valence electrons. The number of carbonyl (C=O) groups excluding carboxylic acids is 2. The molecule has 3 aromatic rings. The SMILES string of the molecule is CC(=O)Nc1nc2ccc(NC(=O)CS(=O)(=O)c3ccc(Cl)cc3)cc2s1. The number of aromatic nitrogens is 1. The van der Waals surface area contributed by atoms with Crippen LogP contribution in [-0.4, -0.2) is 31.0 Å². The lowest BCUT2D eigenvalue weighted by molar-refractivity contribution is -0.114. The summed E-state index contributed by atoms with van der Waals surface area (Å²) in [7, 11) is -3.78. The summed E-state index contributed by atoms with van der Waals surface area (Å²) in [6.45, 7) is 1.39. The summed E-state index contributed by atoms with van der Waals surface area (Å²) in [5.41, 5.74) is 1.10. The van der Waals surface area contributed by atoms with Gasteiger partial charge < -0.3 is 10.6 Å². The van der Waals surface area contributed by atoms with Gasteiger partial charge in [-0.15, -0.1) is 0 Å². The van der Waals surface area contributed by atoms with E-state index in [4.69, 9.17) is 11.6 Å². The topological polar surface area (TPSA) is 105 Å². The van der Waals surface area contributed by atoms with Crippen LogP contribution >= 0.6 is 22.9 Å². The zero-order valence-corrected chi connectivity index (χ0v) is 16.4. The molecule has 0 saturated heterocycles. The number of anilines is 2. The third kappa shape index (κ3) is 4.82. The van der Waals surface area contributed by atoms with Crippen molar-refractivity contribution in [2.45, 2.75) is 11.8 Å². The maximum atomic E-state index is 12.3. The van der Waals surface area contributed by atoms with Crippen LogP contribution in [0.25, 0.3) is 10.2 Å². The van der Waals surface area contributed by atoms with E-state index in [2.05, 4.69) is 15.6 Å². The highest BCUT2D eigenvalue weighted by molar-refractivity contribution is 7.92. The van der Waals surface area contributed by atoms with Crippen LogP contribution < -0.4 is 10.6 Å². The van der Waals surface area contributed by atoms with Crippen LogP contribution in [0.1, 0.15) is 6.92 Å². The quantitative estimate of drug-likeness (QED) is 0.654. The number of halogens is 1. The molecule has 0 unspecified atom stereocenters. The van der Waals surface area contributed by atoms with Gasteiger partial charge in [-0.1, -0.05) is 22.9 Å². The molecule has 0 spiro atoms. The van der Waals surface area contributed by atoms with Crippen molar-refractivity contribution in [3.05, 3.63) is 47.5 Å². The maximum absolute atomic E-state index is 12.3. The number of nitrogens with zero attached hydrogens (tertiary/aromatic N) is 1. The Labute approximate surface area is 164 Å². The van der Waals surface area contributed by atoms with Gasteiger partial charge >= 0.3 is 0 Å². The molecule has 0 radical (unpaired) electrons. The highest BCUT2D eigenvalue weighted by atomic mass is 35.5. The van der Waals surface area contributed by atoms with Gasteiger partial charge in [0.15, 0.2) is 15.0 Å². The van der Waals surface area contributed by atoms with Crippen molar-refractivity contribution in [1.29, 1.82) is 0 Å². The normalized spacial score (nSPS) is 11.3. The highest BCUT2D eigenvalue weighted by Gasteiger charge is 2.19. The van der Waals surface area contributed by atoms with Crippen LogP contribution in [0, 0.1) is 0 Å². The molecule has 7 nitrogen and oxygen atoms in total. The Morgan fingerprint density at radius 3 is 2.48 bits per heavy atom. The molecular weight excluding hydrogens is 410 g/mol. The summed E-state index contributed by atoms with van der Waals surface area (Å²) in [4.78, 5) is 27.5. The Hall–Kier alpha value is -2.49. The number of benzene rings is 2. The number of thiazole rings is 1. The van der Waals surface area contributed by atoms with E-state index in [1.807, 2.05) is 0 Å². The minimum Gasteiger partial charge on any atom is -0.325 e. The highest BCUT2D eigenvalue weighted by Crippen LogP contribution is 2.28. The molecule has 10 heteroatoms. The number of fused-ring (bicyclic) bond motifs is 1. The molecule has 1 aromatic heterocycles. The van der Waals surface area contributed by atoms with Gasteiger partial charge in [0.2, 0.25) is 11.8 Å². The molecule has 3 rings (SSSR count). The first-order chi connectivity index (χ1) is 12.7. The number of amides is 2. The second kappa shape index (κ2) is 7.63. The maximum Gasteiger partial charge on any atom is 0.239 e. The number of carbonyl (C=O) groups is 2. The first-order valence-electron chi connectivity index (χ1n) is 7.69. The van der Waals surface area contributed by atoms with Gasteiger partial charge in [-0.05, 0) is 42.5 Å². The average molecular weight is 424 g/mol. The fourth-order valence-corrected chi connectivity index (χ4v) is 4.51. The Bertz CT molecular complexity index is 1120. The predicted octanol–water partition coefficient (Wildman–Crippen LogP) is 3.32. The Balaban J connectivity index is 1.73. The largest absolute Gasteiger partial charge is 0.325 e. The lowest BCUT2D eigenvalue weighted by Gasteiger charge is -2.07. The van der Waals surface area contributed by atoms with E-state index >= 15 is 0 Å². The summed E-state index contributed by atoms with van der Waals surface area (Å²) < 4.78 is 25.4. The van der Waals surface area contributed by atoms with Crippen molar-refractivity contribution in [2.75, 3.05) is 16.4 Å². The van der Waals surface area contributed by atoms with Crippen LogP contribution in [0.5, 0.6) is 0 Å². The lowest BCUT2D eigenvalue weighted by atomic mass is 10.3. The summed E-state index contributed by atoms with van der Waals surface area (Å²) >= 11 is 7.00. The molecule has 0 aliphatic carbocycles. The van der Waals surface area contributed by atoms with Gasteiger partial charge in [-0.2, -0.15) is 0 Å². The van der Waals surface area contributed by atoms with Crippen LogP contribution in [0.15, 0.2) is 47.4 Å². The summed E-state index contributed by atoms with van der Waals surface area (Å²) in [5, 5.41) is 6.03. The third-order valence-corrected chi connectivity index (χ3v) is 6.27.